The molecule has 0 amide bonds. The molecule has 0 saturated heterocycles. The van der Waals surface area contributed by atoms with E-state index in [1.54, 1.807) is 44.7 Å². The smallest absolute Gasteiger partial charge is 0.313 e. The van der Waals surface area contributed by atoms with Gasteiger partial charge in [-0.05, 0) is 83.7 Å². The van der Waals surface area contributed by atoms with Crippen LogP contribution in [0, 0.1) is 52.0 Å². The van der Waals surface area contributed by atoms with Crippen molar-refractivity contribution in [2.24, 2.45) is 0 Å². The minimum absolute atomic E-state index is 0.0142. The SMILES string of the molecule is C=CS(=O)(=O)CCOCCNc1nc(C)nc(F)n1.CCCS(=O)(=O)CCCN(c1ccccc1)c1nc(C)nc(F)n1.CCCS(=O)(=O)CCOCCNc1nc(C)nc(F)n1.CCCS(=O)(=O)c1cccc(Nc2nc(C)nc(F)n2)c1. The zero-order chi connectivity index (χ0) is 62.4. The van der Waals surface area contributed by atoms with Gasteiger partial charge in [-0.25, -0.2) is 33.7 Å². The number of para-hydroxylation sites is 1. The van der Waals surface area contributed by atoms with Crippen LogP contribution < -0.4 is 20.9 Å². The van der Waals surface area contributed by atoms with E-state index in [1.807, 2.05) is 44.2 Å². The number of halogens is 4. The lowest BCUT2D eigenvalue weighted by molar-refractivity contribution is 0.159. The molecule has 0 bridgehead atoms. The summed E-state index contributed by atoms with van der Waals surface area (Å²) in [6.45, 7) is 16.7. The van der Waals surface area contributed by atoms with Crippen molar-refractivity contribution in [3.63, 3.8) is 0 Å². The molecule has 0 spiro atoms. The van der Waals surface area contributed by atoms with Crippen LogP contribution in [0.2, 0.25) is 0 Å². The van der Waals surface area contributed by atoms with Crippen LogP contribution in [0.5, 0.6) is 0 Å². The third-order valence-corrected chi connectivity index (χ3v) is 17.3. The predicted molar refractivity (Wildman–Crippen MR) is 309 cm³/mol. The van der Waals surface area contributed by atoms with E-state index in [9.17, 15) is 51.2 Å². The molecule has 0 aliphatic rings. The lowest BCUT2D eigenvalue weighted by Crippen LogP contribution is -2.24. The summed E-state index contributed by atoms with van der Waals surface area (Å²) >= 11 is 0. The molecule has 0 saturated carbocycles. The van der Waals surface area contributed by atoms with Gasteiger partial charge in [-0.1, -0.05) is 51.6 Å². The van der Waals surface area contributed by atoms with Crippen LogP contribution in [0.15, 0.2) is 71.5 Å². The second-order valence-electron chi connectivity index (χ2n) is 17.6. The van der Waals surface area contributed by atoms with Gasteiger partial charge < -0.3 is 30.3 Å². The molecule has 2 aromatic carbocycles. The average Bonchev–Trinajstić information content (AvgIpc) is 3.39. The molecule has 0 atom stereocenters. The van der Waals surface area contributed by atoms with E-state index >= 15 is 0 Å². The fourth-order valence-electron chi connectivity index (χ4n) is 6.74. The van der Waals surface area contributed by atoms with Gasteiger partial charge in [0.15, 0.2) is 29.5 Å². The number of hydrogen-bond donors (Lipinski definition) is 3. The van der Waals surface area contributed by atoms with Crippen LogP contribution in [0.1, 0.15) is 69.8 Å². The number of aryl methyl sites for hydroxylation is 4. The topological polar surface area (TPSA) is 349 Å². The van der Waals surface area contributed by atoms with E-state index in [1.165, 1.54) is 19.1 Å². The summed E-state index contributed by atoms with van der Waals surface area (Å²) in [7, 11) is -12.6. The van der Waals surface area contributed by atoms with Crippen molar-refractivity contribution in [2.45, 2.75) is 79.0 Å². The standard InChI is InChI=1S/C16H21FN4O2S.C13H15FN4O2S.C11H19FN4O3S.C10H15FN4O3S/c1-3-11-24(22,23)12-7-10-21(14-8-5-4-6-9-14)16-19-13(2)18-15(17)20-16;1-3-7-21(19,20)11-6-4-5-10(8-11)17-13-16-9(2)15-12(14)18-13;1-3-7-20(17,18)8-6-19-5-4-13-11-15-9(2)14-10(12)16-11;1-3-19(16,17)7-6-18-5-4-12-10-14-8(2)13-9(11)15-10/h4-6,8-9H,3,7,10-12H2,1-2H3;4-6,8H,3,7H2,1-2H3,(H,15,16,17,18);3-8H2,1-2H3,(H,13,14,15,16);3H,1,4-7H2,2H3,(H,12,13,14,15). The Bertz CT molecular complexity index is 3400. The molecule has 0 radical (unpaired) electrons. The first-order valence-electron chi connectivity index (χ1n) is 26.0. The molecule has 6 rings (SSSR count). The molecule has 3 N–H and O–H groups in total. The van der Waals surface area contributed by atoms with Crippen LogP contribution in [0.25, 0.3) is 0 Å². The van der Waals surface area contributed by atoms with E-state index in [0.717, 1.165) is 11.1 Å². The quantitative estimate of drug-likeness (QED) is 0.0354. The van der Waals surface area contributed by atoms with E-state index < -0.39 is 63.7 Å². The van der Waals surface area contributed by atoms with Crippen molar-refractivity contribution in [3.05, 3.63) is 114 Å². The van der Waals surface area contributed by atoms with Gasteiger partial charge in [0.25, 0.3) is 0 Å². The van der Waals surface area contributed by atoms with Crippen molar-refractivity contribution in [3.8, 4) is 0 Å². The highest BCUT2D eigenvalue weighted by molar-refractivity contribution is 7.94. The highest BCUT2D eigenvalue weighted by Gasteiger charge is 2.18. The minimum atomic E-state index is -3.31. The molecule has 0 unspecified atom stereocenters. The molecule has 6 aromatic rings. The van der Waals surface area contributed by atoms with E-state index in [-0.39, 0.29) is 113 Å². The first-order valence-corrected chi connectivity index (χ1v) is 33.0. The number of ether oxygens (including phenoxy) is 2. The fraction of sp³-hybridized carbons (Fsp3) is 0.480. The Balaban J connectivity index is 0.000000295. The first kappa shape index (κ1) is 71.1. The summed E-state index contributed by atoms with van der Waals surface area (Å²) in [5.41, 5.74) is 1.24. The van der Waals surface area contributed by atoms with Crippen LogP contribution in [0.3, 0.4) is 0 Å². The average molecular weight is 1260 g/mol. The van der Waals surface area contributed by atoms with Crippen LogP contribution in [-0.2, 0) is 48.8 Å². The fourth-order valence-corrected chi connectivity index (χ4v) is 11.2. The maximum absolute atomic E-state index is 13.5. The molecule has 26 nitrogen and oxygen atoms in total. The highest BCUT2D eigenvalue weighted by atomic mass is 32.2. The monoisotopic (exact) mass is 1260 g/mol. The number of hydrogen-bond acceptors (Lipinski definition) is 26. The summed E-state index contributed by atoms with van der Waals surface area (Å²) in [5.74, 6) is 1.95. The number of rotatable bonds is 30. The van der Waals surface area contributed by atoms with Crippen molar-refractivity contribution in [1.82, 2.24) is 59.8 Å². The number of aromatic nitrogens is 12. The Morgan fingerprint density at radius 2 is 0.976 bits per heavy atom. The summed E-state index contributed by atoms with van der Waals surface area (Å²) in [4.78, 5) is 45.7. The Morgan fingerprint density at radius 3 is 1.46 bits per heavy atom. The second-order valence-corrected chi connectivity index (χ2v) is 26.4. The van der Waals surface area contributed by atoms with E-state index in [0.29, 0.717) is 51.0 Å². The van der Waals surface area contributed by atoms with E-state index in [4.69, 9.17) is 9.47 Å². The molecule has 84 heavy (non-hydrogen) atoms. The minimum Gasteiger partial charge on any atom is -0.379 e. The zero-order valence-electron chi connectivity index (χ0n) is 47.5. The molecule has 462 valence electrons. The molecular formula is C50H70F4N16O10S4. The van der Waals surface area contributed by atoms with Gasteiger partial charge in [0.05, 0.1) is 54.3 Å². The van der Waals surface area contributed by atoms with Crippen molar-refractivity contribution < 1.29 is 60.7 Å². The number of benzene rings is 2. The van der Waals surface area contributed by atoms with Crippen molar-refractivity contribution in [1.29, 1.82) is 0 Å². The molecular weight excluding hydrogens is 1190 g/mol. The van der Waals surface area contributed by atoms with Gasteiger partial charge in [0.2, 0.25) is 23.8 Å². The summed E-state index contributed by atoms with van der Waals surface area (Å²) in [6, 6.07) is 15.5. The molecule has 4 aromatic heterocycles. The molecule has 0 fully saturated rings. The normalized spacial score (nSPS) is 11.4. The Hall–Kier alpha value is -7.14. The first-order chi connectivity index (χ1) is 39.7. The zero-order valence-corrected chi connectivity index (χ0v) is 50.8. The van der Waals surface area contributed by atoms with Gasteiger partial charge >= 0.3 is 24.3 Å². The molecule has 0 aliphatic heterocycles. The van der Waals surface area contributed by atoms with Crippen LogP contribution >= 0.6 is 0 Å². The van der Waals surface area contributed by atoms with E-state index in [2.05, 4.69) is 82.3 Å². The maximum Gasteiger partial charge on any atom is 0.313 e. The summed E-state index contributed by atoms with van der Waals surface area (Å²) < 4.78 is 155. The number of anilines is 6. The Morgan fingerprint density at radius 1 is 0.512 bits per heavy atom. The van der Waals surface area contributed by atoms with Gasteiger partial charge in [0.1, 0.15) is 33.1 Å². The van der Waals surface area contributed by atoms with Crippen LogP contribution in [0.4, 0.5) is 52.7 Å². The molecule has 34 heteroatoms. The lowest BCUT2D eigenvalue weighted by Gasteiger charge is -2.22. The third-order valence-electron chi connectivity index (χ3n) is 10.3. The highest BCUT2D eigenvalue weighted by Crippen LogP contribution is 2.23. The maximum atomic E-state index is 13.5. The molecule has 4 heterocycles. The third kappa shape index (κ3) is 28.9. The lowest BCUT2D eigenvalue weighted by atomic mass is 10.3. The largest absolute Gasteiger partial charge is 0.379 e. The second kappa shape index (κ2) is 35.9. The van der Waals surface area contributed by atoms with Gasteiger partial charge in [-0.2, -0.15) is 77.4 Å². The number of nitrogens with one attached hydrogen (secondary N) is 3. The number of sulfone groups is 4. The predicted octanol–water partition coefficient (Wildman–Crippen LogP) is 5.80. The van der Waals surface area contributed by atoms with Crippen molar-refractivity contribution in [2.75, 3.05) is 101 Å². The van der Waals surface area contributed by atoms with Gasteiger partial charge in [0, 0.05) is 47.9 Å². The number of nitrogens with zero attached hydrogens (tertiary/aromatic N) is 13. The molecule has 0 aliphatic carbocycles. The Labute approximate surface area is 487 Å². The Kier molecular flexibility index (Phi) is 30.4. The van der Waals surface area contributed by atoms with Crippen LogP contribution in [-0.4, -0.2) is 174 Å². The van der Waals surface area contributed by atoms with Gasteiger partial charge in [-0.15, -0.1) is 0 Å². The van der Waals surface area contributed by atoms with Crippen molar-refractivity contribution >= 4 is 74.5 Å². The summed E-state index contributed by atoms with van der Waals surface area (Å²) in [5, 5.41) is 9.18. The van der Waals surface area contributed by atoms with Gasteiger partial charge in [-0.3, -0.25) is 0 Å². The summed E-state index contributed by atoms with van der Waals surface area (Å²) in [6.07, 6.45) is -1.28.